The summed E-state index contributed by atoms with van der Waals surface area (Å²) in [6.07, 6.45) is 2.74. The van der Waals surface area contributed by atoms with E-state index in [1.165, 1.54) is 12.4 Å². The van der Waals surface area contributed by atoms with E-state index in [0.717, 1.165) is 8.95 Å². The van der Waals surface area contributed by atoms with E-state index in [0.29, 0.717) is 5.69 Å². The molecular weight excluding hydrogens is 364 g/mol. The van der Waals surface area contributed by atoms with Crippen molar-refractivity contribution in [2.75, 3.05) is 11.1 Å². The predicted octanol–water partition coefficient (Wildman–Crippen LogP) is 2.84. The summed E-state index contributed by atoms with van der Waals surface area (Å²) < 4.78 is 1.68. The number of aromatic nitrogens is 2. The van der Waals surface area contributed by atoms with E-state index in [9.17, 15) is 4.79 Å². The van der Waals surface area contributed by atoms with Crippen molar-refractivity contribution in [3.8, 4) is 0 Å². The maximum atomic E-state index is 11.9. The molecule has 0 spiro atoms. The van der Waals surface area contributed by atoms with Gasteiger partial charge in [0.15, 0.2) is 0 Å². The Kier molecular flexibility index (Phi) is 3.93. The normalized spacial score (nSPS) is 10.1. The van der Waals surface area contributed by atoms with Crippen LogP contribution in [-0.4, -0.2) is 15.9 Å². The monoisotopic (exact) mass is 370 g/mol. The van der Waals surface area contributed by atoms with E-state index in [1.807, 2.05) is 12.1 Å². The van der Waals surface area contributed by atoms with Crippen LogP contribution in [0.25, 0.3) is 0 Å². The van der Waals surface area contributed by atoms with Crippen molar-refractivity contribution in [3.63, 3.8) is 0 Å². The molecule has 1 aromatic carbocycles. The third-order valence-corrected chi connectivity index (χ3v) is 3.21. The van der Waals surface area contributed by atoms with Gasteiger partial charge in [-0.05, 0) is 34.1 Å². The van der Waals surface area contributed by atoms with Gasteiger partial charge in [0, 0.05) is 8.95 Å². The fourth-order valence-electron chi connectivity index (χ4n) is 1.27. The van der Waals surface area contributed by atoms with E-state index >= 15 is 0 Å². The lowest BCUT2D eigenvalue weighted by atomic mass is 10.3. The lowest BCUT2D eigenvalue weighted by Crippen LogP contribution is -2.15. The number of carbonyl (C=O) groups excluding carboxylic acids is 1. The Hall–Kier alpha value is -1.47. The second-order valence-corrected chi connectivity index (χ2v) is 5.18. The molecule has 0 atom stereocenters. The first-order valence-electron chi connectivity index (χ1n) is 4.90. The molecule has 0 unspecified atom stereocenters. The number of amides is 1. The molecule has 7 heteroatoms. The highest BCUT2D eigenvalue weighted by atomic mass is 79.9. The van der Waals surface area contributed by atoms with Crippen LogP contribution in [0.15, 0.2) is 39.5 Å². The minimum absolute atomic E-state index is 0.171. The molecule has 0 aliphatic rings. The van der Waals surface area contributed by atoms with E-state index in [4.69, 9.17) is 5.73 Å². The molecule has 5 nitrogen and oxygen atoms in total. The molecular formula is C11H8Br2N4O. The minimum atomic E-state index is -0.363. The molecule has 0 saturated carbocycles. The van der Waals surface area contributed by atoms with Gasteiger partial charge in [-0.15, -0.1) is 0 Å². The van der Waals surface area contributed by atoms with Crippen molar-refractivity contribution in [2.24, 2.45) is 0 Å². The summed E-state index contributed by atoms with van der Waals surface area (Å²) in [5, 5.41) is 2.72. The third kappa shape index (κ3) is 3.05. The maximum Gasteiger partial charge on any atom is 0.275 e. The maximum absolute atomic E-state index is 11.9. The van der Waals surface area contributed by atoms with Crippen LogP contribution in [-0.2, 0) is 0 Å². The van der Waals surface area contributed by atoms with Gasteiger partial charge in [0.05, 0.1) is 18.1 Å². The van der Waals surface area contributed by atoms with Crippen LogP contribution in [0.5, 0.6) is 0 Å². The van der Waals surface area contributed by atoms with Crippen LogP contribution in [0.1, 0.15) is 10.5 Å². The summed E-state index contributed by atoms with van der Waals surface area (Å²) in [7, 11) is 0. The summed E-state index contributed by atoms with van der Waals surface area (Å²) in [6, 6.07) is 5.43. The zero-order valence-electron chi connectivity index (χ0n) is 9.02. The number of nitrogens with two attached hydrogens (primary N) is 1. The Morgan fingerprint density at radius 3 is 2.72 bits per heavy atom. The lowest BCUT2D eigenvalue weighted by molar-refractivity contribution is 0.102. The molecule has 92 valence electrons. The number of carbonyl (C=O) groups is 1. The largest absolute Gasteiger partial charge is 0.382 e. The number of benzene rings is 1. The Balaban J connectivity index is 2.21. The molecule has 18 heavy (non-hydrogen) atoms. The van der Waals surface area contributed by atoms with Crippen LogP contribution in [0.3, 0.4) is 0 Å². The van der Waals surface area contributed by atoms with Gasteiger partial charge in [0.25, 0.3) is 5.91 Å². The van der Waals surface area contributed by atoms with E-state index < -0.39 is 0 Å². The molecule has 0 aliphatic carbocycles. The average Bonchev–Trinajstić information content (AvgIpc) is 2.32. The number of nitrogen functional groups attached to an aromatic ring is 1. The predicted molar refractivity (Wildman–Crippen MR) is 76.2 cm³/mol. The molecule has 2 aromatic rings. The number of anilines is 2. The average molecular weight is 372 g/mol. The second-order valence-electron chi connectivity index (χ2n) is 3.41. The van der Waals surface area contributed by atoms with Crippen molar-refractivity contribution >= 4 is 49.3 Å². The molecule has 0 bridgehead atoms. The number of hydrogen-bond acceptors (Lipinski definition) is 4. The van der Waals surface area contributed by atoms with Gasteiger partial charge in [-0.2, -0.15) is 0 Å². The van der Waals surface area contributed by atoms with Crippen molar-refractivity contribution in [2.45, 2.75) is 0 Å². The van der Waals surface area contributed by atoms with Crippen LogP contribution in [0.2, 0.25) is 0 Å². The highest BCUT2D eigenvalue weighted by Gasteiger charge is 2.10. The summed E-state index contributed by atoms with van der Waals surface area (Å²) in [5.41, 5.74) is 6.29. The van der Waals surface area contributed by atoms with Crippen molar-refractivity contribution in [1.82, 2.24) is 9.97 Å². The molecule has 1 amide bonds. The van der Waals surface area contributed by atoms with Gasteiger partial charge in [-0.3, -0.25) is 9.78 Å². The third-order valence-electron chi connectivity index (χ3n) is 2.07. The highest BCUT2D eigenvalue weighted by molar-refractivity contribution is 9.11. The molecule has 2 rings (SSSR count). The van der Waals surface area contributed by atoms with Crippen molar-refractivity contribution in [1.29, 1.82) is 0 Å². The van der Waals surface area contributed by atoms with Crippen LogP contribution < -0.4 is 11.1 Å². The Morgan fingerprint density at radius 2 is 2.06 bits per heavy atom. The Bertz CT molecular complexity index is 603. The smallest absolute Gasteiger partial charge is 0.275 e. The molecule has 0 radical (unpaired) electrons. The van der Waals surface area contributed by atoms with E-state index in [2.05, 4.69) is 47.1 Å². The van der Waals surface area contributed by atoms with Gasteiger partial charge in [-0.1, -0.05) is 15.9 Å². The van der Waals surface area contributed by atoms with E-state index in [1.54, 1.807) is 6.07 Å². The first-order valence-corrected chi connectivity index (χ1v) is 6.49. The topological polar surface area (TPSA) is 80.9 Å². The molecule has 0 saturated heterocycles. The van der Waals surface area contributed by atoms with Crippen LogP contribution in [0, 0.1) is 0 Å². The summed E-state index contributed by atoms with van der Waals surface area (Å²) >= 11 is 6.69. The van der Waals surface area contributed by atoms with Crippen molar-refractivity contribution in [3.05, 3.63) is 45.2 Å². The molecule has 1 heterocycles. The number of nitrogens with zero attached hydrogens (tertiary/aromatic N) is 2. The fraction of sp³-hybridized carbons (Fsp3) is 0. The molecule has 3 N–H and O–H groups in total. The summed E-state index contributed by atoms with van der Waals surface area (Å²) in [4.78, 5) is 19.6. The SMILES string of the molecule is Nc1cncc(C(=O)Nc2ccc(Br)cc2Br)n1. The first-order chi connectivity index (χ1) is 8.56. The van der Waals surface area contributed by atoms with Crippen LogP contribution >= 0.6 is 31.9 Å². The minimum Gasteiger partial charge on any atom is -0.382 e. The molecule has 1 aromatic heterocycles. The quantitative estimate of drug-likeness (QED) is 0.850. The van der Waals surface area contributed by atoms with Gasteiger partial charge < -0.3 is 11.1 Å². The number of hydrogen-bond donors (Lipinski definition) is 2. The van der Waals surface area contributed by atoms with Gasteiger partial charge in [0.2, 0.25) is 0 Å². The summed E-state index contributed by atoms with van der Waals surface area (Å²) in [6.45, 7) is 0. The fourth-order valence-corrected chi connectivity index (χ4v) is 2.41. The van der Waals surface area contributed by atoms with Gasteiger partial charge >= 0.3 is 0 Å². The Labute approximate surface area is 120 Å². The van der Waals surface area contributed by atoms with Gasteiger partial charge in [0.1, 0.15) is 11.5 Å². The Morgan fingerprint density at radius 1 is 1.28 bits per heavy atom. The number of nitrogens with one attached hydrogen (secondary N) is 1. The number of halogens is 2. The second kappa shape index (κ2) is 5.45. The molecule has 0 fully saturated rings. The zero-order chi connectivity index (χ0) is 13.1. The zero-order valence-corrected chi connectivity index (χ0v) is 12.2. The standard InChI is InChI=1S/C11H8Br2N4O/c12-6-1-2-8(7(13)3-6)17-11(18)9-4-15-5-10(14)16-9/h1-5H,(H2,14,16)(H,17,18). The van der Waals surface area contributed by atoms with E-state index in [-0.39, 0.29) is 17.4 Å². The highest BCUT2D eigenvalue weighted by Crippen LogP contribution is 2.26. The summed E-state index contributed by atoms with van der Waals surface area (Å²) in [5.74, 6) is -0.157. The molecule has 0 aliphatic heterocycles. The van der Waals surface area contributed by atoms with Crippen molar-refractivity contribution < 1.29 is 4.79 Å². The van der Waals surface area contributed by atoms with Crippen LogP contribution in [0.4, 0.5) is 11.5 Å². The lowest BCUT2D eigenvalue weighted by Gasteiger charge is -2.07. The van der Waals surface area contributed by atoms with Gasteiger partial charge in [-0.25, -0.2) is 4.98 Å². The first kappa shape index (κ1) is 13.0. The number of rotatable bonds is 2.